The first kappa shape index (κ1) is 9.09. The molecule has 48 valence electrons. The van der Waals surface area contributed by atoms with Gasteiger partial charge in [-0.2, -0.15) is 0 Å². The summed E-state index contributed by atoms with van der Waals surface area (Å²) in [6.45, 7) is 2.25. The Hall–Kier alpha value is 1.09. The molecule has 0 aromatic rings. The van der Waals surface area contributed by atoms with E-state index in [1.165, 1.54) is 21.7 Å². The maximum absolute atomic E-state index is 5.52. The molecule has 0 heterocycles. The zero-order valence-electron chi connectivity index (χ0n) is 5.41. The van der Waals surface area contributed by atoms with Gasteiger partial charge in [-0.1, -0.05) is 0 Å². The van der Waals surface area contributed by atoms with Crippen molar-refractivity contribution in [1.82, 2.24) is 0 Å². The number of halogens is 1. The molecule has 0 aliphatic carbocycles. The summed E-state index contributed by atoms with van der Waals surface area (Å²) < 4.78 is 2.90. The molecule has 8 heavy (non-hydrogen) atoms. The molecule has 0 saturated carbocycles. The number of hydrogen-bond donors (Lipinski definition) is 0. The molecule has 0 aromatic heterocycles. The zero-order chi connectivity index (χ0) is 6.24. The molecule has 0 aliphatic heterocycles. The van der Waals surface area contributed by atoms with Crippen LogP contribution in [0.3, 0.4) is 0 Å². The van der Waals surface area contributed by atoms with Gasteiger partial charge in [0, 0.05) is 0 Å². The molecule has 2 radical (unpaired) electrons. The van der Waals surface area contributed by atoms with E-state index < -0.39 is 0 Å². The van der Waals surface area contributed by atoms with E-state index in [9.17, 15) is 0 Å². The summed E-state index contributed by atoms with van der Waals surface area (Å²) in [7, 11) is 0. The third kappa shape index (κ3) is 7.09. The van der Waals surface area contributed by atoms with E-state index in [0.29, 0.717) is 0 Å². The minimum atomic E-state index is 0.0335. The van der Waals surface area contributed by atoms with E-state index >= 15 is 0 Å². The van der Waals surface area contributed by atoms with Crippen LogP contribution in [0.4, 0.5) is 0 Å². The van der Waals surface area contributed by atoms with Crippen LogP contribution in [-0.4, -0.2) is 27.0 Å². The van der Waals surface area contributed by atoms with Gasteiger partial charge >= 0.3 is 67.3 Å². The van der Waals surface area contributed by atoms with Gasteiger partial charge in [-0.3, -0.25) is 0 Å². The summed E-state index contributed by atoms with van der Waals surface area (Å²) in [5.74, 6) is 0.913. The number of unbranched alkanes of at least 4 members (excludes halogenated alkanes) is 1. The van der Waals surface area contributed by atoms with Crippen LogP contribution in [0.1, 0.15) is 19.8 Å². The van der Waals surface area contributed by atoms with Gasteiger partial charge in [-0.25, -0.2) is 0 Å². The second-order valence-electron chi connectivity index (χ2n) is 1.79. The van der Waals surface area contributed by atoms with Crippen LogP contribution >= 0.6 is 11.6 Å². The fourth-order valence-electron chi connectivity index (χ4n) is 0.494. The normalized spacial score (nSPS) is 9.75. The average Bonchev–Trinajstić information content (AvgIpc) is 1.81. The fraction of sp³-hybridized carbons (Fsp3) is 1.00. The van der Waals surface area contributed by atoms with E-state index in [2.05, 4.69) is 6.92 Å². The van der Waals surface area contributed by atoms with Gasteiger partial charge < -0.3 is 0 Å². The van der Waals surface area contributed by atoms with E-state index in [1.54, 1.807) is 0 Å². The molecule has 0 aromatic carbocycles. The van der Waals surface area contributed by atoms with Crippen molar-refractivity contribution < 1.29 is 0 Å². The molecule has 2 heteroatoms. The molecule has 0 N–H and O–H groups in total. The third-order valence-electron chi connectivity index (χ3n) is 0.978. The molecule has 0 amide bonds. The van der Waals surface area contributed by atoms with Crippen molar-refractivity contribution in [3.8, 4) is 0 Å². The Morgan fingerprint density at radius 1 is 1.38 bits per heavy atom. The maximum atomic E-state index is 5.52. The van der Waals surface area contributed by atoms with Crippen molar-refractivity contribution in [2.24, 2.45) is 0 Å². The van der Waals surface area contributed by atoms with Gasteiger partial charge in [-0.05, 0) is 0 Å². The second kappa shape index (κ2) is 8.09. The van der Waals surface area contributed by atoms with Crippen LogP contribution < -0.4 is 0 Å². The predicted octanol–water partition coefficient (Wildman–Crippen LogP) is 2.57. The van der Waals surface area contributed by atoms with Crippen LogP contribution in [0.15, 0.2) is 0 Å². The van der Waals surface area contributed by atoms with Crippen LogP contribution in [0.5, 0.6) is 0 Å². The van der Waals surface area contributed by atoms with Gasteiger partial charge in [0.05, 0.1) is 0 Å². The molecule has 0 saturated heterocycles. The minimum absolute atomic E-state index is 0.0335. The van der Waals surface area contributed by atoms with Gasteiger partial charge in [-0.15, -0.1) is 0 Å². The molecule has 0 unspecified atom stereocenters. The Morgan fingerprint density at radius 2 is 2.12 bits per heavy atom. The van der Waals surface area contributed by atoms with Gasteiger partial charge in [0.15, 0.2) is 0 Å². The first-order valence-corrected chi connectivity index (χ1v) is 7.75. The summed E-state index contributed by atoms with van der Waals surface area (Å²) in [6.07, 6.45) is 2.81. The Morgan fingerprint density at radius 3 is 2.62 bits per heavy atom. The quantitative estimate of drug-likeness (QED) is 0.393. The summed E-state index contributed by atoms with van der Waals surface area (Å²) in [5.41, 5.74) is 0. The van der Waals surface area contributed by atoms with Gasteiger partial charge in [0.2, 0.25) is 0 Å². The van der Waals surface area contributed by atoms with Gasteiger partial charge in [0.25, 0.3) is 0 Å². The number of rotatable bonds is 5. The monoisotopic (exact) mass is 240 g/mol. The number of hydrogen-bond acceptors (Lipinski definition) is 0. The van der Waals surface area contributed by atoms with Crippen molar-refractivity contribution in [3.05, 3.63) is 0 Å². The average molecular weight is 239 g/mol. The summed E-state index contributed by atoms with van der Waals surface area (Å²) in [4.78, 5) is 0. The molecule has 0 nitrogen and oxygen atoms in total. The van der Waals surface area contributed by atoms with Crippen LogP contribution in [0.2, 0.25) is 8.87 Å². The van der Waals surface area contributed by atoms with E-state index in [4.69, 9.17) is 11.6 Å². The molecular weight excluding hydrogens is 226 g/mol. The van der Waals surface area contributed by atoms with Crippen molar-refractivity contribution in [2.45, 2.75) is 28.6 Å². The van der Waals surface area contributed by atoms with Crippen molar-refractivity contribution in [1.29, 1.82) is 0 Å². The molecule has 0 fully saturated rings. The molecule has 0 rings (SSSR count). The topological polar surface area (TPSA) is 0 Å². The molecule has 0 spiro atoms. The molecule has 0 aliphatic rings. The predicted molar refractivity (Wildman–Crippen MR) is 41.0 cm³/mol. The SMILES string of the molecule is CCC[CH2][Sn][CH2]CCl. The third-order valence-corrected chi connectivity index (χ3v) is 5.81. The summed E-state index contributed by atoms with van der Waals surface area (Å²) in [5, 5.41) is 0. The van der Waals surface area contributed by atoms with Crippen LogP contribution in [-0.2, 0) is 0 Å². The van der Waals surface area contributed by atoms with Crippen molar-refractivity contribution in [3.63, 3.8) is 0 Å². The standard InChI is InChI=1S/C4H9.C2H4Cl.Sn/c1-3-4-2;1-2-3;/h1,3-4H2,2H3;1-2H2;. The van der Waals surface area contributed by atoms with Crippen LogP contribution in [0.25, 0.3) is 0 Å². The van der Waals surface area contributed by atoms with Gasteiger partial charge in [0.1, 0.15) is 0 Å². The fourth-order valence-corrected chi connectivity index (χ4v) is 4.21. The Labute approximate surface area is 67.2 Å². The van der Waals surface area contributed by atoms with E-state index in [0.717, 1.165) is 5.88 Å². The Kier molecular flexibility index (Phi) is 9.19. The first-order valence-electron chi connectivity index (χ1n) is 3.18. The van der Waals surface area contributed by atoms with E-state index in [-0.39, 0.29) is 21.1 Å². The van der Waals surface area contributed by atoms with Crippen molar-refractivity contribution in [2.75, 3.05) is 5.88 Å². The summed E-state index contributed by atoms with van der Waals surface area (Å²) in [6, 6.07) is 0. The van der Waals surface area contributed by atoms with Crippen LogP contribution in [0, 0.1) is 0 Å². The van der Waals surface area contributed by atoms with Crippen molar-refractivity contribution >= 4 is 32.7 Å². The first-order chi connectivity index (χ1) is 3.91. The molecule has 0 bridgehead atoms. The molecular formula is C6H13ClSn. The Balaban J connectivity index is 2.53. The summed E-state index contributed by atoms with van der Waals surface area (Å²) >= 11 is 5.56. The Bertz CT molecular complexity index is 33.5. The second-order valence-corrected chi connectivity index (χ2v) is 6.45. The van der Waals surface area contributed by atoms with E-state index in [1.807, 2.05) is 0 Å². The zero-order valence-corrected chi connectivity index (χ0v) is 9.02. The number of alkyl halides is 1. The molecule has 0 atom stereocenters.